The lowest BCUT2D eigenvalue weighted by Crippen LogP contribution is -2.33. The second-order valence-electron chi connectivity index (χ2n) is 5.98. The van der Waals surface area contributed by atoms with Gasteiger partial charge < -0.3 is 15.5 Å². The van der Waals surface area contributed by atoms with Gasteiger partial charge in [0.2, 0.25) is 5.91 Å². The van der Waals surface area contributed by atoms with E-state index in [4.69, 9.17) is 0 Å². The third-order valence-corrected chi connectivity index (χ3v) is 4.78. The van der Waals surface area contributed by atoms with E-state index in [1.807, 2.05) is 5.38 Å². The van der Waals surface area contributed by atoms with Crippen LogP contribution in [0.15, 0.2) is 16.8 Å². The average Bonchev–Trinajstić information content (AvgIpc) is 2.96. The number of nitrogens with one attached hydrogen (secondary N) is 2. The summed E-state index contributed by atoms with van der Waals surface area (Å²) in [4.78, 5) is 26.0. The molecule has 2 heterocycles. The van der Waals surface area contributed by atoms with Crippen LogP contribution in [0.2, 0.25) is 0 Å². The molecule has 0 atom stereocenters. The lowest BCUT2D eigenvalue weighted by atomic mass is 10.2. The molecule has 0 aliphatic carbocycles. The highest BCUT2D eigenvalue weighted by atomic mass is 32.1. The summed E-state index contributed by atoms with van der Waals surface area (Å²) in [7, 11) is 0. The van der Waals surface area contributed by atoms with E-state index in [2.05, 4.69) is 15.5 Å². The number of likely N-dealkylation sites (tertiary alicyclic amines) is 1. The number of rotatable bonds is 8. The number of amides is 2. The van der Waals surface area contributed by atoms with Gasteiger partial charge in [-0.2, -0.15) is 11.3 Å². The zero-order chi connectivity index (χ0) is 16.3. The third kappa shape index (κ3) is 7.14. The normalized spacial score (nSPS) is 15.8. The summed E-state index contributed by atoms with van der Waals surface area (Å²) < 4.78 is 0. The first-order valence-electron chi connectivity index (χ1n) is 8.55. The van der Waals surface area contributed by atoms with Crippen molar-refractivity contribution in [1.82, 2.24) is 15.5 Å². The number of thiophene rings is 1. The van der Waals surface area contributed by atoms with Crippen molar-refractivity contribution < 1.29 is 9.59 Å². The van der Waals surface area contributed by atoms with Crippen molar-refractivity contribution in [3.8, 4) is 0 Å². The van der Waals surface area contributed by atoms with E-state index < -0.39 is 0 Å². The van der Waals surface area contributed by atoms with Crippen LogP contribution in [0.3, 0.4) is 0 Å². The van der Waals surface area contributed by atoms with Gasteiger partial charge >= 0.3 is 0 Å². The van der Waals surface area contributed by atoms with E-state index in [9.17, 15) is 9.59 Å². The van der Waals surface area contributed by atoms with Crippen LogP contribution in [0.4, 0.5) is 0 Å². The molecule has 0 radical (unpaired) electrons. The summed E-state index contributed by atoms with van der Waals surface area (Å²) in [5.41, 5.74) is 0.660. The van der Waals surface area contributed by atoms with Crippen LogP contribution < -0.4 is 10.6 Å². The maximum absolute atomic E-state index is 11.7. The zero-order valence-corrected chi connectivity index (χ0v) is 14.5. The van der Waals surface area contributed by atoms with Crippen LogP contribution in [0.5, 0.6) is 0 Å². The van der Waals surface area contributed by atoms with E-state index in [-0.39, 0.29) is 11.8 Å². The molecule has 1 aromatic rings. The Kier molecular flexibility index (Phi) is 8.11. The molecule has 5 nitrogen and oxygen atoms in total. The van der Waals surface area contributed by atoms with Gasteiger partial charge in [-0.05, 0) is 50.3 Å². The molecule has 2 N–H and O–H groups in total. The number of carbonyl (C=O) groups is 2. The summed E-state index contributed by atoms with van der Waals surface area (Å²) in [5, 5.41) is 9.37. The minimum absolute atomic E-state index is 0.00600. The van der Waals surface area contributed by atoms with Crippen LogP contribution >= 0.6 is 11.3 Å². The lowest BCUT2D eigenvalue weighted by Gasteiger charge is -2.19. The Morgan fingerprint density at radius 2 is 1.87 bits per heavy atom. The molecule has 1 aliphatic heterocycles. The molecule has 0 spiro atoms. The monoisotopic (exact) mass is 337 g/mol. The standard InChI is InChI=1S/C17H27N3O2S/c21-16(6-9-19-17(22)15-7-13-23-14-15)18-8-5-12-20-10-3-1-2-4-11-20/h7,13-14H,1-6,8-12H2,(H,18,21)(H,19,22). The molecule has 1 saturated heterocycles. The lowest BCUT2D eigenvalue weighted by molar-refractivity contribution is -0.120. The number of hydrogen-bond donors (Lipinski definition) is 2. The molecule has 0 unspecified atom stereocenters. The van der Waals surface area contributed by atoms with Crippen molar-refractivity contribution in [2.75, 3.05) is 32.7 Å². The van der Waals surface area contributed by atoms with E-state index in [1.54, 1.807) is 11.4 Å². The minimum Gasteiger partial charge on any atom is -0.356 e. The van der Waals surface area contributed by atoms with Gasteiger partial charge in [0.05, 0.1) is 0 Å². The topological polar surface area (TPSA) is 61.4 Å². The highest BCUT2D eigenvalue weighted by Crippen LogP contribution is 2.09. The van der Waals surface area contributed by atoms with Gasteiger partial charge in [-0.3, -0.25) is 9.59 Å². The van der Waals surface area contributed by atoms with E-state index in [0.717, 1.165) is 13.0 Å². The Balaban J connectivity index is 1.49. The second-order valence-corrected chi connectivity index (χ2v) is 6.76. The molecule has 0 bridgehead atoms. The van der Waals surface area contributed by atoms with Gasteiger partial charge in [0, 0.05) is 30.5 Å². The Morgan fingerprint density at radius 3 is 2.57 bits per heavy atom. The summed E-state index contributed by atoms with van der Waals surface area (Å²) in [5.74, 6) is -0.105. The second kappa shape index (κ2) is 10.4. The van der Waals surface area contributed by atoms with Crippen molar-refractivity contribution in [2.24, 2.45) is 0 Å². The van der Waals surface area contributed by atoms with Gasteiger partial charge in [-0.1, -0.05) is 12.8 Å². The number of nitrogens with zero attached hydrogens (tertiary/aromatic N) is 1. The molecule has 2 amide bonds. The average molecular weight is 337 g/mol. The van der Waals surface area contributed by atoms with Crippen molar-refractivity contribution >= 4 is 23.2 Å². The molecule has 23 heavy (non-hydrogen) atoms. The largest absolute Gasteiger partial charge is 0.356 e. The van der Waals surface area contributed by atoms with Crippen LogP contribution in [0, 0.1) is 0 Å². The maximum atomic E-state index is 11.7. The van der Waals surface area contributed by atoms with Crippen LogP contribution in [0.25, 0.3) is 0 Å². The Morgan fingerprint density at radius 1 is 1.09 bits per heavy atom. The fraction of sp³-hybridized carbons (Fsp3) is 0.647. The smallest absolute Gasteiger partial charge is 0.252 e. The zero-order valence-electron chi connectivity index (χ0n) is 13.7. The van der Waals surface area contributed by atoms with Crippen molar-refractivity contribution in [1.29, 1.82) is 0 Å². The molecular weight excluding hydrogens is 310 g/mol. The van der Waals surface area contributed by atoms with Crippen LogP contribution in [0.1, 0.15) is 48.9 Å². The first kappa shape index (κ1) is 17.9. The van der Waals surface area contributed by atoms with E-state index in [1.165, 1.54) is 50.1 Å². The summed E-state index contributed by atoms with van der Waals surface area (Å²) >= 11 is 1.49. The summed E-state index contributed by atoms with van der Waals surface area (Å²) in [6.45, 7) is 4.56. The number of carbonyl (C=O) groups excluding carboxylic acids is 2. The predicted molar refractivity (Wildman–Crippen MR) is 93.8 cm³/mol. The summed E-state index contributed by atoms with van der Waals surface area (Å²) in [6.07, 6.45) is 6.63. The first-order chi connectivity index (χ1) is 11.3. The molecule has 1 aromatic heterocycles. The van der Waals surface area contributed by atoms with Gasteiger partial charge in [0.25, 0.3) is 5.91 Å². The Labute approximate surface area is 142 Å². The predicted octanol–water partition coefficient (Wildman–Crippen LogP) is 2.25. The van der Waals surface area contributed by atoms with Crippen molar-refractivity contribution in [3.63, 3.8) is 0 Å². The van der Waals surface area contributed by atoms with Crippen molar-refractivity contribution in [2.45, 2.75) is 38.5 Å². The SMILES string of the molecule is O=C(CCNC(=O)c1ccsc1)NCCCN1CCCCCC1. The van der Waals surface area contributed by atoms with E-state index >= 15 is 0 Å². The molecule has 0 saturated carbocycles. The van der Waals surface area contributed by atoms with Crippen molar-refractivity contribution in [3.05, 3.63) is 22.4 Å². The molecule has 0 aromatic carbocycles. The van der Waals surface area contributed by atoms with Gasteiger partial charge in [0.1, 0.15) is 0 Å². The summed E-state index contributed by atoms with van der Waals surface area (Å²) in [6, 6.07) is 1.78. The van der Waals surface area contributed by atoms with E-state index in [0.29, 0.717) is 25.1 Å². The highest BCUT2D eigenvalue weighted by Gasteiger charge is 2.09. The molecular formula is C17H27N3O2S. The Hall–Kier alpha value is -1.40. The first-order valence-corrected chi connectivity index (χ1v) is 9.49. The highest BCUT2D eigenvalue weighted by molar-refractivity contribution is 7.08. The quantitative estimate of drug-likeness (QED) is 0.715. The molecule has 128 valence electrons. The maximum Gasteiger partial charge on any atom is 0.252 e. The third-order valence-electron chi connectivity index (χ3n) is 4.09. The van der Waals surface area contributed by atoms with Gasteiger partial charge in [-0.15, -0.1) is 0 Å². The number of hydrogen-bond acceptors (Lipinski definition) is 4. The minimum atomic E-state index is -0.111. The molecule has 1 aliphatic rings. The molecule has 2 rings (SSSR count). The fourth-order valence-electron chi connectivity index (χ4n) is 2.76. The fourth-order valence-corrected chi connectivity index (χ4v) is 3.40. The van der Waals surface area contributed by atoms with Gasteiger partial charge in [-0.25, -0.2) is 0 Å². The Bertz CT molecular complexity index is 468. The van der Waals surface area contributed by atoms with Crippen LogP contribution in [-0.4, -0.2) is 49.4 Å². The van der Waals surface area contributed by atoms with Crippen LogP contribution in [-0.2, 0) is 4.79 Å². The molecule has 1 fully saturated rings. The van der Waals surface area contributed by atoms with Gasteiger partial charge in [0.15, 0.2) is 0 Å². The molecule has 6 heteroatoms.